The van der Waals surface area contributed by atoms with Crippen molar-refractivity contribution >= 4 is 9.84 Å². The first-order chi connectivity index (χ1) is 6.14. The fraction of sp³-hybridized carbons (Fsp3) is 0.778. The molecule has 0 amide bonds. The van der Waals surface area contributed by atoms with Crippen LogP contribution in [0.15, 0.2) is 12.8 Å². The topological polar surface area (TPSA) is 43.4 Å². The number of rotatable bonds is 4. The van der Waals surface area contributed by atoms with Crippen molar-refractivity contribution in [2.45, 2.75) is 19.3 Å². The highest BCUT2D eigenvalue weighted by molar-refractivity contribution is 7.91. The van der Waals surface area contributed by atoms with E-state index in [1.807, 2.05) is 0 Å². The lowest BCUT2D eigenvalue weighted by Gasteiger charge is -2.21. The number of hydrogen-bond donors (Lipinski definition) is 0. The molecule has 1 aliphatic rings. The Morgan fingerprint density at radius 3 is 2.54 bits per heavy atom. The molecular weight excluding hydrogens is 188 g/mol. The van der Waals surface area contributed by atoms with Crippen molar-refractivity contribution in [3.63, 3.8) is 0 Å². The molecule has 1 saturated heterocycles. The first kappa shape index (κ1) is 10.6. The highest BCUT2D eigenvalue weighted by Crippen LogP contribution is 2.21. The molecule has 1 fully saturated rings. The fourth-order valence-electron chi connectivity index (χ4n) is 1.55. The molecule has 0 bridgehead atoms. The minimum absolute atomic E-state index is 0.353. The van der Waals surface area contributed by atoms with Gasteiger partial charge in [-0.2, -0.15) is 0 Å². The SMILES string of the molecule is C=COCCC1CCS(=O)(=O)CC1. The van der Waals surface area contributed by atoms with Crippen molar-refractivity contribution in [3.8, 4) is 0 Å². The van der Waals surface area contributed by atoms with Crippen molar-refractivity contribution in [2.24, 2.45) is 5.92 Å². The molecule has 0 radical (unpaired) electrons. The van der Waals surface area contributed by atoms with Gasteiger partial charge < -0.3 is 4.74 Å². The van der Waals surface area contributed by atoms with Gasteiger partial charge in [0.25, 0.3) is 0 Å². The second-order valence-corrected chi connectivity index (χ2v) is 5.72. The van der Waals surface area contributed by atoms with Crippen LogP contribution in [-0.2, 0) is 14.6 Å². The molecule has 13 heavy (non-hydrogen) atoms. The van der Waals surface area contributed by atoms with Gasteiger partial charge in [-0.1, -0.05) is 6.58 Å². The van der Waals surface area contributed by atoms with E-state index in [1.54, 1.807) is 0 Å². The lowest BCUT2D eigenvalue weighted by Crippen LogP contribution is -2.23. The maximum absolute atomic E-state index is 11.1. The van der Waals surface area contributed by atoms with Gasteiger partial charge in [0, 0.05) is 0 Å². The van der Waals surface area contributed by atoms with E-state index < -0.39 is 9.84 Å². The minimum Gasteiger partial charge on any atom is -0.502 e. The van der Waals surface area contributed by atoms with Gasteiger partial charge in [0.2, 0.25) is 0 Å². The number of ether oxygens (including phenoxy) is 1. The summed E-state index contributed by atoms with van der Waals surface area (Å²) in [5.74, 6) is 1.22. The highest BCUT2D eigenvalue weighted by atomic mass is 32.2. The Balaban J connectivity index is 2.21. The Labute approximate surface area is 79.7 Å². The normalized spacial score (nSPS) is 22.5. The van der Waals surface area contributed by atoms with Crippen LogP contribution in [0.2, 0.25) is 0 Å². The molecule has 0 atom stereocenters. The summed E-state index contributed by atoms with van der Waals surface area (Å²) in [6.07, 6.45) is 3.97. The van der Waals surface area contributed by atoms with Crippen LogP contribution < -0.4 is 0 Å². The van der Waals surface area contributed by atoms with E-state index in [1.165, 1.54) is 6.26 Å². The van der Waals surface area contributed by atoms with E-state index in [9.17, 15) is 8.42 Å². The molecule has 0 spiro atoms. The maximum atomic E-state index is 11.1. The minimum atomic E-state index is -2.71. The van der Waals surface area contributed by atoms with Crippen LogP contribution in [0, 0.1) is 5.92 Å². The van der Waals surface area contributed by atoms with E-state index in [2.05, 4.69) is 6.58 Å². The molecule has 0 aliphatic carbocycles. The summed E-state index contributed by atoms with van der Waals surface area (Å²) < 4.78 is 27.2. The summed E-state index contributed by atoms with van der Waals surface area (Å²) >= 11 is 0. The molecule has 0 aromatic heterocycles. The van der Waals surface area contributed by atoms with Gasteiger partial charge in [0.05, 0.1) is 24.4 Å². The second-order valence-electron chi connectivity index (χ2n) is 3.42. The Morgan fingerprint density at radius 2 is 2.00 bits per heavy atom. The van der Waals surface area contributed by atoms with Crippen LogP contribution in [0.1, 0.15) is 19.3 Å². The summed E-state index contributed by atoms with van der Waals surface area (Å²) in [6, 6.07) is 0. The van der Waals surface area contributed by atoms with Crippen LogP contribution >= 0.6 is 0 Å². The van der Waals surface area contributed by atoms with Crippen molar-refractivity contribution in [2.75, 3.05) is 18.1 Å². The maximum Gasteiger partial charge on any atom is 0.150 e. The zero-order valence-corrected chi connectivity index (χ0v) is 8.55. The van der Waals surface area contributed by atoms with Gasteiger partial charge in [-0.25, -0.2) is 8.42 Å². The zero-order valence-electron chi connectivity index (χ0n) is 7.74. The quantitative estimate of drug-likeness (QED) is 0.513. The van der Waals surface area contributed by atoms with Gasteiger partial charge in [0.15, 0.2) is 0 Å². The van der Waals surface area contributed by atoms with Gasteiger partial charge in [-0.3, -0.25) is 0 Å². The Morgan fingerprint density at radius 1 is 1.38 bits per heavy atom. The van der Waals surface area contributed by atoms with Crippen molar-refractivity contribution in [1.29, 1.82) is 0 Å². The average Bonchev–Trinajstić information content (AvgIpc) is 2.08. The molecular formula is C9H16O3S. The van der Waals surface area contributed by atoms with E-state index in [0.29, 0.717) is 24.0 Å². The first-order valence-corrected chi connectivity index (χ1v) is 6.39. The summed E-state index contributed by atoms with van der Waals surface area (Å²) in [6.45, 7) is 4.11. The van der Waals surface area contributed by atoms with E-state index in [4.69, 9.17) is 4.74 Å². The number of hydrogen-bond acceptors (Lipinski definition) is 3. The van der Waals surface area contributed by atoms with Crippen molar-refractivity contribution in [1.82, 2.24) is 0 Å². The monoisotopic (exact) mass is 204 g/mol. The van der Waals surface area contributed by atoms with E-state index in [0.717, 1.165) is 19.3 Å². The Kier molecular flexibility index (Phi) is 3.78. The number of sulfone groups is 1. The van der Waals surface area contributed by atoms with Crippen molar-refractivity contribution in [3.05, 3.63) is 12.8 Å². The average molecular weight is 204 g/mol. The Hall–Kier alpha value is -0.510. The molecule has 0 N–H and O–H groups in total. The fourth-order valence-corrected chi connectivity index (χ4v) is 3.13. The van der Waals surface area contributed by atoms with E-state index >= 15 is 0 Å². The van der Waals surface area contributed by atoms with Gasteiger partial charge >= 0.3 is 0 Å². The summed E-state index contributed by atoms with van der Waals surface area (Å²) in [5, 5.41) is 0. The predicted molar refractivity (Wildman–Crippen MR) is 52.1 cm³/mol. The molecule has 0 aromatic carbocycles. The second kappa shape index (κ2) is 4.65. The highest BCUT2D eigenvalue weighted by Gasteiger charge is 2.22. The zero-order chi connectivity index (χ0) is 9.73. The van der Waals surface area contributed by atoms with Crippen LogP contribution in [0.4, 0.5) is 0 Å². The molecule has 0 unspecified atom stereocenters. The third-order valence-electron chi connectivity index (χ3n) is 2.44. The van der Waals surface area contributed by atoms with Crippen LogP contribution in [0.3, 0.4) is 0 Å². The lowest BCUT2D eigenvalue weighted by atomic mass is 10.00. The first-order valence-electron chi connectivity index (χ1n) is 4.57. The molecule has 4 heteroatoms. The lowest BCUT2D eigenvalue weighted by molar-refractivity contribution is 0.218. The van der Waals surface area contributed by atoms with Crippen molar-refractivity contribution < 1.29 is 13.2 Å². The Bertz CT molecular complexity index is 242. The summed E-state index contributed by atoms with van der Waals surface area (Å²) in [7, 11) is -2.71. The molecule has 3 nitrogen and oxygen atoms in total. The smallest absolute Gasteiger partial charge is 0.150 e. The molecule has 0 saturated carbocycles. The molecule has 1 aliphatic heterocycles. The largest absolute Gasteiger partial charge is 0.502 e. The van der Waals surface area contributed by atoms with E-state index in [-0.39, 0.29) is 0 Å². The van der Waals surface area contributed by atoms with Crippen LogP contribution in [0.25, 0.3) is 0 Å². The molecule has 1 heterocycles. The standard InChI is InChI=1S/C9H16O3S/c1-2-12-6-3-9-4-7-13(10,11)8-5-9/h2,9H,1,3-8H2. The molecule has 0 aromatic rings. The van der Waals surface area contributed by atoms with Gasteiger partial charge in [-0.05, 0) is 25.2 Å². The van der Waals surface area contributed by atoms with Gasteiger partial charge in [0.1, 0.15) is 9.84 Å². The summed E-state index contributed by atoms with van der Waals surface area (Å²) in [5.41, 5.74) is 0. The van der Waals surface area contributed by atoms with Crippen LogP contribution in [-0.4, -0.2) is 26.5 Å². The van der Waals surface area contributed by atoms with Gasteiger partial charge in [-0.15, -0.1) is 0 Å². The predicted octanol–water partition coefficient (Wildman–Crippen LogP) is 1.36. The third-order valence-corrected chi connectivity index (χ3v) is 4.15. The molecule has 1 rings (SSSR count). The third kappa shape index (κ3) is 3.81. The summed E-state index contributed by atoms with van der Waals surface area (Å²) in [4.78, 5) is 0. The van der Waals surface area contributed by atoms with Crippen LogP contribution in [0.5, 0.6) is 0 Å². The molecule has 76 valence electrons.